The maximum absolute atomic E-state index is 12.3. The number of hydrogen-bond acceptors (Lipinski definition) is 2. The SMILES string of the molecule is O=C(Nc1ccc(Cl)cc1)N(CCO)c1ccccc1. The summed E-state index contributed by atoms with van der Waals surface area (Å²) in [5.74, 6) is 0. The van der Waals surface area contributed by atoms with Gasteiger partial charge in [0.15, 0.2) is 0 Å². The number of nitrogens with zero attached hydrogens (tertiary/aromatic N) is 1. The number of halogens is 1. The Bertz CT molecular complexity index is 558. The number of hydrogen-bond donors (Lipinski definition) is 2. The molecule has 0 aliphatic heterocycles. The number of urea groups is 1. The Balaban J connectivity index is 2.13. The first-order chi connectivity index (χ1) is 9.70. The van der Waals surface area contributed by atoms with Crippen LogP contribution in [0.2, 0.25) is 5.02 Å². The van der Waals surface area contributed by atoms with Crippen LogP contribution in [-0.2, 0) is 0 Å². The van der Waals surface area contributed by atoms with Gasteiger partial charge in [0.1, 0.15) is 0 Å². The van der Waals surface area contributed by atoms with Crippen molar-refractivity contribution in [2.45, 2.75) is 0 Å². The zero-order valence-electron chi connectivity index (χ0n) is 10.8. The number of amides is 2. The second-order valence-corrected chi connectivity index (χ2v) is 4.58. The second-order valence-electron chi connectivity index (χ2n) is 4.15. The summed E-state index contributed by atoms with van der Waals surface area (Å²) in [6.07, 6.45) is 0. The van der Waals surface area contributed by atoms with E-state index in [0.29, 0.717) is 10.7 Å². The fraction of sp³-hybridized carbons (Fsp3) is 0.133. The largest absolute Gasteiger partial charge is 0.395 e. The Morgan fingerprint density at radius 1 is 1.10 bits per heavy atom. The number of carbonyl (C=O) groups excluding carboxylic acids is 1. The first-order valence-corrected chi connectivity index (χ1v) is 6.58. The van der Waals surface area contributed by atoms with Crippen molar-refractivity contribution < 1.29 is 9.90 Å². The predicted molar refractivity (Wildman–Crippen MR) is 81.3 cm³/mol. The lowest BCUT2D eigenvalue weighted by Gasteiger charge is -2.22. The molecule has 0 saturated carbocycles. The fourth-order valence-corrected chi connectivity index (χ4v) is 1.91. The number of anilines is 2. The van der Waals surface area contributed by atoms with Crippen LogP contribution in [-0.4, -0.2) is 24.3 Å². The molecule has 4 nitrogen and oxygen atoms in total. The third-order valence-electron chi connectivity index (χ3n) is 2.73. The Morgan fingerprint density at radius 3 is 2.35 bits per heavy atom. The summed E-state index contributed by atoms with van der Waals surface area (Å²) in [7, 11) is 0. The summed E-state index contributed by atoms with van der Waals surface area (Å²) >= 11 is 5.80. The molecule has 104 valence electrons. The minimum atomic E-state index is -0.299. The van der Waals surface area contributed by atoms with Crippen LogP contribution < -0.4 is 10.2 Å². The van der Waals surface area contributed by atoms with Gasteiger partial charge in [0.05, 0.1) is 13.2 Å². The van der Waals surface area contributed by atoms with Gasteiger partial charge in [0, 0.05) is 16.4 Å². The van der Waals surface area contributed by atoms with Gasteiger partial charge in [-0.25, -0.2) is 4.79 Å². The first kappa shape index (κ1) is 14.4. The molecule has 2 N–H and O–H groups in total. The molecule has 0 aliphatic rings. The molecule has 2 amide bonds. The number of aliphatic hydroxyl groups is 1. The van der Waals surface area contributed by atoms with Crippen LogP contribution in [0.4, 0.5) is 16.2 Å². The summed E-state index contributed by atoms with van der Waals surface area (Å²) in [5.41, 5.74) is 1.38. The molecule has 2 aromatic carbocycles. The standard InChI is InChI=1S/C15H15ClN2O2/c16-12-6-8-13(9-7-12)17-15(20)18(10-11-19)14-4-2-1-3-5-14/h1-9,19H,10-11H2,(H,17,20). The third-order valence-corrected chi connectivity index (χ3v) is 2.98. The maximum atomic E-state index is 12.3. The summed E-state index contributed by atoms with van der Waals surface area (Å²) in [6, 6.07) is 15.8. The maximum Gasteiger partial charge on any atom is 0.326 e. The van der Waals surface area contributed by atoms with Gasteiger partial charge >= 0.3 is 6.03 Å². The normalized spacial score (nSPS) is 10.1. The van der Waals surface area contributed by atoms with Crippen LogP contribution >= 0.6 is 11.6 Å². The van der Waals surface area contributed by atoms with Crippen molar-refractivity contribution in [1.82, 2.24) is 0 Å². The fourth-order valence-electron chi connectivity index (χ4n) is 1.78. The molecule has 5 heteroatoms. The summed E-state index contributed by atoms with van der Waals surface area (Å²) in [5, 5.41) is 12.5. The summed E-state index contributed by atoms with van der Waals surface area (Å²) < 4.78 is 0. The van der Waals surface area contributed by atoms with E-state index < -0.39 is 0 Å². The highest BCUT2D eigenvalue weighted by Gasteiger charge is 2.14. The van der Waals surface area contributed by atoms with Gasteiger partial charge in [-0.1, -0.05) is 29.8 Å². The van der Waals surface area contributed by atoms with Crippen molar-refractivity contribution >= 4 is 29.0 Å². The highest BCUT2D eigenvalue weighted by atomic mass is 35.5. The summed E-state index contributed by atoms with van der Waals surface area (Å²) in [4.78, 5) is 13.7. The number of nitrogens with one attached hydrogen (secondary N) is 1. The lowest BCUT2D eigenvalue weighted by atomic mass is 10.3. The lowest BCUT2D eigenvalue weighted by molar-refractivity contribution is 0.252. The van der Waals surface area contributed by atoms with Crippen molar-refractivity contribution in [1.29, 1.82) is 0 Å². The van der Waals surface area contributed by atoms with Crippen molar-refractivity contribution in [3.05, 3.63) is 59.6 Å². The van der Waals surface area contributed by atoms with Crippen LogP contribution in [0, 0.1) is 0 Å². The van der Waals surface area contributed by atoms with E-state index in [-0.39, 0.29) is 19.2 Å². The van der Waals surface area contributed by atoms with Crippen LogP contribution in [0.15, 0.2) is 54.6 Å². The average molecular weight is 291 g/mol. The van der Waals surface area contributed by atoms with Crippen molar-refractivity contribution in [3.8, 4) is 0 Å². The van der Waals surface area contributed by atoms with Crippen molar-refractivity contribution in [2.24, 2.45) is 0 Å². The number of para-hydroxylation sites is 1. The molecule has 0 spiro atoms. The molecule has 0 radical (unpaired) electrons. The van der Waals surface area contributed by atoms with E-state index in [9.17, 15) is 4.79 Å². The Labute approximate surface area is 122 Å². The van der Waals surface area contributed by atoms with E-state index in [1.165, 1.54) is 4.90 Å². The number of aliphatic hydroxyl groups excluding tert-OH is 1. The third kappa shape index (κ3) is 3.73. The molecule has 0 unspecified atom stereocenters. The van der Waals surface area contributed by atoms with E-state index in [1.807, 2.05) is 30.3 Å². The lowest BCUT2D eigenvalue weighted by Crippen LogP contribution is -2.37. The highest BCUT2D eigenvalue weighted by Crippen LogP contribution is 2.17. The van der Waals surface area contributed by atoms with E-state index >= 15 is 0 Å². The van der Waals surface area contributed by atoms with E-state index in [4.69, 9.17) is 16.7 Å². The molecule has 2 aromatic rings. The van der Waals surface area contributed by atoms with Gasteiger partial charge in [-0.05, 0) is 36.4 Å². The smallest absolute Gasteiger partial charge is 0.326 e. The monoisotopic (exact) mass is 290 g/mol. The molecular formula is C15H15ClN2O2. The second kappa shape index (κ2) is 6.93. The van der Waals surface area contributed by atoms with Crippen LogP contribution in [0.1, 0.15) is 0 Å². The van der Waals surface area contributed by atoms with Crippen LogP contribution in [0.3, 0.4) is 0 Å². The highest BCUT2D eigenvalue weighted by molar-refractivity contribution is 6.30. The van der Waals surface area contributed by atoms with Gasteiger partial charge in [-0.15, -0.1) is 0 Å². The zero-order chi connectivity index (χ0) is 14.4. The van der Waals surface area contributed by atoms with Gasteiger partial charge < -0.3 is 10.4 Å². The van der Waals surface area contributed by atoms with E-state index in [0.717, 1.165) is 5.69 Å². The Kier molecular flexibility index (Phi) is 4.98. The molecule has 0 fully saturated rings. The zero-order valence-corrected chi connectivity index (χ0v) is 11.5. The molecular weight excluding hydrogens is 276 g/mol. The van der Waals surface area contributed by atoms with Crippen LogP contribution in [0.5, 0.6) is 0 Å². The van der Waals surface area contributed by atoms with Gasteiger partial charge in [0.2, 0.25) is 0 Å². The number of benzene rings is 2. The number of rotatable bonds is 4. The Morgan fingerprint density at radius 2 is 1.75 bits per heavy atom. The molecule has 0 bridgehead atoms. The minimum absolute atomic E-state index is 0.108. The number of carbonyl (C=O) groups is 1. The minimum Gasteiger partial charge on any atom is -0.395 e. The summed E-state index contributed by atoms with van der Waals surface area (Å²) in [6.45, 7) is 0.117. The average Bonchev–Trinajstić information content (AvgIpc) is 2.48. The topological polar surface area (TPSA) is 52.6 Å². The Hall–Kier alpha value is -2.04. The molecule has 0 aromatic heterocycles. The van der Waals surface area contributed by atoms with Crippen molar-refractivity contribution in [3.63, 3.8) is 0 Å². The van der Waals surface area contributed by atoms with Crippen LogP contribution in [0.25, 0.3) is 0 Å². The first-order valence-electron chi connectivity index (χ1n) is 6.20. The molecule has 2 rings (SSSR count). The molecule has 0 atom stereocenters. The van der Waals surface area contributed by atoms with Gasteiger partial charge in [0.25, 0.3) is 0 Å². The van der Waals surface area contributed by atoms with E-state index in [2.05, 4.69) is 5.32 Å². The predicted octanol–water partition coefficient (Wildman–Crippen LogP) is 3.37. The molecule has 0 heterocycles. The van der Waals surface area contributed by atoms with Gasteiger partial charge in [-0.3, -0.25) is 4.90 Å². The van der Waals surface area contributed by atoms with Crippen molar-refractivity contribution in [2.75, 3.05) is 23.4 Å². The van der Waals surface area contributed by atoms with Gasteiger partial charge in [-0.2, -0.15) is 0 Å². The van der Waals surface area contributed by atoms with E-state index in [1.54, 1.807) is 24.3 Å². The molecule has 0 aliphatic carbocycles. The molecule has 0 saturated heterocycles. The quantitative estimate of drug-likeness (QED) is 0.907. The molecule has 20 heavy (non-hydrogen) atoms.